The number of halogens is 1. The smallest absolute Gasteiger partial charge is 0.306 e. The van der Waals surface area contributed by atoms with Crippen LogP contribution in [-0.4, -0.2) is 16.5 Å². The Bertz CT molecular complexity index is 759. The molecule has 1 aliphatic rings. The molecule has 7 heteroatoms. The van der Waals surface area contributed by atoms with Gasteiger partial charge in [-0.1, -0.05) is 22.9 Å². The number of aromatic nitrogens is 1. The van der Waals surface area contributed by atoms with Gasteiger partial charge in [0.2, 0.25) is 0 Å². The van der Waals surface area contributed by atoms with Crippen molar-refractivity contribution < 1.29 is 0 Å². The van der Waals surface area contributed by atoms with Gasteiger partial charge in [0.1, 0.15) is 5.82 Å². The lowest BCUT2D eigenvalue weighted by molar-refractivity contribution is 1.35. The number of aromatic amines is 1. The molecule has 0 spiro atoms. The lowest BCUT2D eigenvalue weighted by Crippen LogP contribution is -2.02. The zero-order valence-corrected chi connectivity index (χ0v) is 10.5. The molecular weight excluding hydrogens is 272 g/mol. The standard InChI is InChI=1S/C11H7ClN4OS/c12-4-1-2-5-6(3-4)7(15-9(5)13)8-10(14)16-11(17)18-8/h1-3,13H,14H2,(H,16,17). The number of nitrogens with one attached hydrogen (secondary N) is 2. The zero-order chi connectivity index (χ0) is 12.9. The van der Waals surface area contributed by atoms with Gasteiger partial charge in [0, 0.05) is 16.1 Å². The van der Waals surface area contributed by atoms with Crippen LogP contribution in [0.1, 0.15) is 16.0 Å². The van der Waals surface area contributed by atoms with Crippen LogP contribution in [0.4, 0.5) is 5.82 Å². The molecule has 0 saturated carbocycles. The summed E-state index contributed by atoms with van der Waals surface area (Å²) in [5.74, 6) is 0.418. The van der Waals surface area contributed by atoms with E-state index in [9.17, 15) is 4.79 Å². The molecule has 5 nitrogen and oxygen atoms in total. The van der Waals surface area contributed by atoms with Crippen LogP contribution >= 0.6 is 22.9 Å². The number of nitrogen functional groups attached to an aromatic ring is 1. The first kappa shape index (κ1) is 11.2. The van der Waals surface area contributed by atoms with Gasteiger partial charge in [-0.2, -0.15) is 0 Å². The SMILES string of the molecule is N=C1N=C(c2sc(=O)[nH]c2N)c2cc(Cl)ccc21. The van der Waals surface area contributed by atoms with Gasteiger partial charge in [0.15, 0.2) is 5.84 Å². The number of anilines is 1. The Morgan fingerprint density at radius 2 is 2.17 bits per heavy atom. The summed E-state index contributed by atoms with van der Waals surface area (Å²) in [7, 11) is 0. The van der Waals surface area contributed by atoms with Crippen LogP contribution in [0.3, 0.4) is 0 Å². The minimum atomic E-state index is -0.243. The van der Waals surface area contributed by atoms with Crippen molar-refractivity contribution in [1.29, 1.82) is 5.41 Å². The third kappa shape index (κ3) is 1.58. The molecule has 0 bridgehead atoms. The van der Waals surface area contributed by atoms with E-state index < -0.39 is 0 Å². The number of aliphatic imine (C=N–C) groups is 1. The number of nitrogens with zero attached hydrogens (tertiary/aromatic N) is 1. The van der Waals surface area contributed by atoms with Crippen molar-refractivity contribution in [3.8, 4) is 0 Å². The van der Waals surface area contributed by atoms with Crippen LogP contribution < -0.4 is 10.6 Å². The fourth-order valence-electron chi connectivity index (χ4n) is 1.84. The van der Waals surface area contributed by atoms with E-state index in [1.165, 1.54) is 0 Å². The van der Waals surface area contributed by atoms with E-state index in [-0.39, 0.29) is 16.5 Å². The van der Waals surface area contributed by atoms with Gasteiger partial charge in [0.25, 0.3) is 0 Å². The molecular formula is C11H7ClN4OS. The first-order valence-corrected chi connectivity index (χ1v) is 6.22. The number of benzene rings is 1. The number of rotatable bonds is 1. The van der Waals surface area contributed by atoms with Crippen LogP contribution in [0.5, 0.6) is 0 Å². The second-order valence-corrected chi connectivity index (χ2v) is 5.18. The van der Waals surface area contributed by atoms with Crippen LogP contribution in [0, 0.1) is 5.41 Å². The summed E-state index contributed by atoms with van der Waals surface area (Å²) >= 11 is 6.92. The number of H-pyrrole nitrogens is 1. The van der Waals surface area contributed by atoms with Crippen molar-refractivity contribution in [2.75, 3.05) is 5.73 Å². The molecule has 90 valence electrons. The third-order valence-electron chi connectivity index (χ3n) is 2.61. The summed E-state index contributed by atoms with van der Waals surface area (Å²) in [5.41, 5.74) is 7.68. The molecule has 0 atom stereocenters. The molecule has 2 aromatic rings. The van der Waals surface area contributed by atoms with Crippen LogP contribution in [0.2, 0.25) is 5.02 Å². The monoisotopic (exact) mass is 278 g/mol. The molecule has 18 heavy (non-hydrogen) atoms. The molecule has 1 aromatic heterocycles. The molecule has 0 amide bonds. The maximum Gasteiger partial charge on any atom is 0.306 e. The number of amidine groups is 1. The average Bonchev–Trinajstić information content (AvgIpc) is 2.79. The van der Waals surface area contributed by atoms with Gasteiger partial charge < -0.3 is 5.73 Å². The highest BCUT2D eigenvalue weighted by Gasteiger charge is 2.25. The predicted octanol–water partition coefficient (Wildman–Crippen LogP) is 1.85. The average molecular weight is 279 g/mol. The fourth-order valence-corrected chi connectivity index (χ4v) is 2.77. The lowest BCUT2D eigenvalue weighted by Gasteiger charge is -2.01. The molecule has 0 unspecified atom stereocenters. The second-order valence-electron chi connectivity index (χ2n) is 3.76. The Hall–Kier alpha value is -1.92. The maximum atomic E-state index is 11.3. The van der Waals surface area contributed by atoms with Crippen molar-refractivity contribution in [2.45, 2.75) is 0 Å². The number of hydrogen-bond acceptors (Lipinski definition) is 4. The van der Waals surface area contributed by atoms with Gasteiger partial charge >= 0.3 is 4.87 Å². The molecule has 0 saturated heterocycles. The Balaban J connectivity index is 2.25. The van der Waals surface area contributed by atoms with Crippen molar-refractivity contribution >= 4 is 40.3 Å². The maximum absolute atomic E-state index is 11.3. The van der Waals surface area contributed by atoms with Gasteiger partial charge in [-0.25, -0.2) is 4.99 Å². The Labute approximate surface area is 110 Å². The normalized spacial score (nSPS) is 13.6. The minimum Gasteiger partial charge on any atom is -0.384 e. The fraction of sp³-hybridized carbons (Fsp3) is 0. The summed E-state index contributed by atoms with van der Waals surface area (Å²) in [4.78, 5) is 18.2. The van der Waals surface area contributed by atoms with Crippen molar-refractivity contribution in [1.82, 2.24) is 4.98 Å². The van der Waals surface area contributed by atoms with Crippen LogP contribution in [0.25, 0.3) is 0 Å². The molecule has 4 N–H and O–H groups in total. The highest BCUT2D eigenvalue weighted by Crippen LogP contribution is 2.28. The summed E-state index contributed by atoms with van der Waals surface area (Å²) in [6, 6.07) is 5.17. The quantitative estimate of drug-likeness (QED) is 0.742. The third-order valence-corrected chi connectivity index (χ3v) is 3.75. The van der Waals surface area contributed by atoms with Crippen LogP contribution in [-0.2, 0) is 0 Å². The van der Waals surface area contributed by atoms with Crippen molar-refractivity contribution in [2.24, 2.45) is 4.99 Å². The first-order valence-electron chi connectivity index (χ1n) is 5.03. The minimum absolute atomic E-state index is 0.150. The number of thiazole rings is 1. The lowest BCUT2D eigenvalue weighted by atomic mass is 10.0. The summed E-state index contributed by atoms with van der Waals surface area (Å²) < 4.78 is 0. The van der Waals surface area contributed by atoms with Gasteiger partial charge in [0.05, 0.1) is 10.6 Å². The summed E-state index contributed by atoms with van der Waals surface area (Å²) in [5, 5.41) is 8.36. The van der Waals surface area contributed by atoms with Gasteiger partial charge in [-0.15, -0.1) is 0 Å². The molecule has 0 aliphatic carbocycles. The van der Waals surface area contributed by atoms with E-state index in [1.807, 2.05) is 0 Å². The number of fused-ring (bicyclic) bond motifs is 1. The van der Waals surface area contributed by atoms with Crippen molar-refractivity contribution in [3.63, 3.8) is 0 Å². The molecule has 3 rings (SSSR count). The topological polar surface area (TPSA) is 95.1 Å². The summed E-state index contributed by atoms with van der Waals surface area (Å²) in [6.07, 6.45) is 0. The Morgan fingerprint density at radius 3 is 2.83 bits per heavy atom. The van der Waals surface area contributed by atoms with E-state index in [0.29, 0.717) is 21.2 Å². The number of hydrogen-bond donors (Lipinski definition) is 3. The van der Waals surface area contributed by atoms with Crippen LogP contribution in [0.15, 0.2) is 28.0 Å². The molecule has 1 aliphatic heterocycles. The largest absolute Gasteiger partial charge is 0.384 e. The van der Waals surface area contributed by atoms with Gasteiger partial charge in [-0.05, 0) is 18.2 Å². The van der Waals surface area contributed by atoms with E-state index in [4.69, 9.17) is 22.7 Å². The molecule has 2 heterocycles. The Kier molecular flexibility index (Phi) is 2.36. The second kappa shape index (κ2) is 3.79. The van der Waals surface area contributed by atoms with E-state index in [2.05, 4.69) is 9.98 Å². The zero-order valence-electron chi connectivity index (χ0n) is 8.95. The summed E-state index contributed by atoms with van der Waals surface area (Å²) in [6.45, 7) is 0. The highest BCUT2D eigenvalue weighted by molar-refractivity contribution is 7.12. The molecule has 1 aromatic carbocycles. The van der Waals surface area contributed by atoms with E-state index in [1.54, 1.807) is 18.2 Å². The number of nitrogens with two attached hydrogens (primary N) is 1. The highest BCUT2D eigenvalue weighted by atomic mass is 35.5. The van der Waals surface area contributed by atoms with Crippen molar-refractivity contribution in [3.05, 3.63) is 48.9 Å². The molecule has 0 fully saturated rings. The molecule has 0 radical (unpaired) electrons. The first-order chi connectivity index (χ1) is 8.56. The van der Waals surface area contributed by atoms with E-state index in [0.717, 1.165) is 16.9 Å². The predicted molar refractivity (Wildman–Crippen MR) is 73.3 cm³/mol. The van der Waals surface area contributed by atoms with Gasteiger partial charge in [-0.3, -0.25) is 15.2 Å². The van der Waals surface area contributed by atoms with E-state index >= 15 is 0 Å². The Morgan fingerprint density at radius 1 is 1.39 bits per heavy atom.